The number of hydrogen-bond donors (Lipinski definition) is 2. The van der Waals surface area contributed by atoms with E-state index in [0.717, 1.165) is 37.3 Å². The fraction of sp³-hybridized carbons (Fsp3) is 0.625. The van der Waals surface area contributed by atoms with E-state index >= 15 is 0 Å². The molecule has 3 unspecified atom stereocenters. The van der Waals surface area contributed by atoms with Gasteiger partial charge < -0.3 is 15.2 Å². The van der Waals surface area contributed by atoms with Gasteiger partial charge in [-0.1, -0.05) is 26.0 Å². The predicted molar refractivity (Wildman–Crippen MR) is 77.4 cm³/mol. The topological polar surface area (TPSA) is 41.5 Å². The SMILES string of the molecule is CCCOc1cccc(C(O)C2CC(C)CCN2)c1. The zero-order chi connectivity index (χ0) is 13.7. The zero-order valence-corrected chi connectivity index (χ0v) is 11.9. The van der Waals surface area contributed by atoms with Crippen molar-refractivity contribution in [1.29, 1.82) is 0 Å². The lowest BCUT2D eigenvalue weighted by atomic mass is 9.89. The molecule has 3 nitrogen and oxygen atoms in total. The summed E-state index contributed by atoms with van der Waals surface area (Å²) in [7, 11) is 0. The molecule has 0 amide bonds. The Morgan fingerprint density at radius 1 is 1.47 bits per heavy atom. The molecule has 0 spiro atoms. The van der Waals surface area contributed by atoms with Crippen molar-refractivity contribution in [2.45, 2.75) is 45.3 Å². The molecule has 3 heteroatoms. The van der Waals surface area contributed by atoms with E-state index in [1.165, 1.54) is 6.42 Å². The average molecular weight is 263 g/mol. The summed E-state index contributed by atoms with van der Waals surface area (Å²) < 4.78 is 5.62. The van der Waals surface area contributed by atoms with E-state index in [2.05, 4.69) is 19.2 Å². The summed E-state index contributed by atoms with van der Waals surface area (Å²) in [5, 5.41) is 13.9. The van der Waals surface area contributed by atoms with Crippen molar-refractivity contribution in [1.82, 2.24) is 5.32 Å². The second-order valence-corrected chi connectivity index (χ2v) is 5.56. The minimum atomic E-state index is -0.451. The van der Waals surface area contributed by atoms with Crippen molar-refractivity contribution < 1.29 is 9.84 Å². The summed E-state index contributed by atoms with van der Waals surface area (Å²) in [5.41, 5.74) is 0.945. The van der Waals surface area contributed by atoms with Crippen LogP contribution in [0.2, 0.25) is 0 Å². The highest BCUT2D eigenvalue weighted by atomic mass is 16.5. The van der Waals surface area contributed by atoms with Crippen LogP contribution < -0.4 is 10.1 Å². The predicted octanol–water partition coefficient (Wildman–Crippen LogP) is 2.90. The third-order valence-electron chi connectivity index (χ3n) is 3.75. The molecule has 1 fully saturated rings. The minimum Gasteiger partial charge on any atom is -0.494 e. The molecule has 1 saturated heterocycles. The molecule has 1 aliphatic heterocycles. The van der Waals surface area contributed by atoms with Gasteiger partial charge in [-0.2, -0.15) is 0 Å². The number of aliphatic hydroxyl groups is 1. The number of nitrogens with one attached hydrogen (secondary N) is 1. The molecule has 0 saturated carbocycles. The fourth-order valence-corrected chi connectivity index (χ4v) is 2.63. The molecule has 1 aliphatic rings. The first kappa shape index (κ1) is 14.4. The fourth-order valence-electron chi connectivity index (χ4n) is 2.63. The molecule has 0 radical (unpaired) electrons. The second kappa shape index (κ2) is 6.92. The van der Waals surface area contributed by atoms with Crippen molar-refractivity contribution in [3.8, 4) is 5.75 Å². The number of benzene rings is 1. The van der Waals surface area contributed by atoms with Crippen LogP contribution in [0.25, 0.3) is 0 Å². The first-order chi connectivity index (χ1) is 9.20. The molecule has 1 aromatic carbocycles. The van der Waals surface area contributed by atoms with Gasteiger partial charge in [0, 0.05) is 6.04 Å². The Hall–Kier alpha value is -1.06. The Morgan fingerprint density at radius 2 is 2.32 bits per heavy atom. The maximum atomic E-state index is 10.5. The summed E-state index contributed by atoms with van der Waals surface area (Å²) in [5.74, 6) is 1.53. The molecule has 1 aromatic rings. The monoisotopic (exact) mass is 263 g/mol. The van der Waals surface area contributed by atoms with E-state index < -0.39 is 6.10 Å². The first-order valence-electron chi connectivity index (χ1n) is 7.35. The highest BCUT2D eigenvalue weighted by Gasteiger charge is 2.26. The third-order valence-corrected chi connectivity index (χ3v) is 3.75. The van der Waals surface area contributed by atoms with Gasteiger partial charge in [0.2, 0.25) is 0 Å². The van der Waals surface area contributed by atoms with Crippen LogP contribution >= 0.6 is 0 Å². The van der Waals surface area contributed by atoms with Gasteiger partial charge in [-0.25, -0.2) is 0 Å². The average Bonchev–Trinajstić information content (AvgIpc) is 2.44. The largest absolute Gasteiger partial charge is 0.494 e. The highest BCUT2D eigenvalue weighted by molar-refractivity contribution is 5.30. The Kier molecular flexibility index (Phi) is 5.23. The van der Waals surface area contributed by atoms with Gasteiger partial charge in [0.1, 0.15) is 5.75 Å². The molecular weight excluding hydrogens is 238 g/mol. The van der Waals surface area contributed by atoms with E-state index in [4.69, 9.17) is 4.74 Å². The van der Waals surface area contributed by atoms with E-state index in [1.807, 2.05) is 24.3 Å². The Morgan fingerprint density at radius 3 is 3.05 bits per heavy atom. The first-order valence-corrected chi connectivity index (χ1v) is 7.35. The molecule has 0 bridgehead atoms. The van der Waals surface area contributed by atoms with Crippen LogP contribution in [0.5, 0.6) is 5.75 Å². The van der Waals surface area contributed by atoms with Gasteiger partial charge in [0.05, 0.1) is 12.7 Å². The molecule has 19 heavy (non-hydrogen) atoms. The van der Waals surface area contributed by atoms with Crippen LogP contribution in [0.15, 0.2) is 24.3 Å². The summed E-state index contributed by atoms with van der Waals surface area (Å²) >= 11 is 0. The van der Waals surface area contributed by atoms with Gasteiger partial charge in [0.15, 0.2) is 0 Å². The van der Waals surface area contributed by atoms with E-state index in [0.29, 0.717) is 5.92 Å². The van der Waals surface area contributed by atoms with Gasteiger partial charge >= 0.3 is 0 Å². The van der Waals surface area contributed by atoms with E-state index in [1.54, 1.807) is 0 Å². The van der Waals surface area contributed by atoms with E-state index in [9.17, 15) is 5.11 Å². The highest BCUT2D eigenvalue weighted by Crippen LogP contribution is 2.27. The second-order valence-electron chi connectivity index (χ2n) is 5.56. The maximum Gasteiger partial charge on any atom is 0.119 e. The lowest BCUT2D eigenvalue weighted by Crippen LogP contribution is -2.41. The summed E-state index contributed by atoms with van der Waals surface area (Å²) in [4.78, 5) is 0. The smallest absolute Gasteiger partial charge is 0.119 e. The molecular formula is C16H25NO2. The number of aliphatic hydroxyl groups excluding tert-OH is 1. The van der Waals surface area contributed by atoms with Crippen molar-refractivity contribution in [2.24, 2.45) is 5.92 Å². The standard InChI is InChI=1S/C16H25NO2/c1-3-9-19-14-6-4-5-13(11-14)16(18)15-10-12(2)7-8-17-15/h4-6,11-12,15-18H,3,7-10H2,1-2H3. The summed E-state index contributed by atoms with van der Waals surface area (Å²) in [6.45, 7) is 6.06. The molecule has 2 N–H and O–H groups in total. The Labute approximate surface area is 116 Å². The van der Waals surface area contributed by atoms with Gasteiger partial charge in [0.25, 0.3) is 0 Å². The van der Waals surface area contributed by atoms with Crippen molar-refractivity contribution in [3.05, 3.63) is 29.8 Å². The van der Waals surface area contributed by atoms with E-state index in [-0.39, 0.29) is 6.04 Å². The zero-order valence-electron chi connectivity index (χ0n) is 11.9. The molecule has 0 aliphatic carbocycles. The van der Waals surface area contributed by atoms with Crippen LogP contribution in [0.1, 0.15) is 44.8 Å². The van der Waals surface area contributed by atoms with Crippen LogP contribution in [0.4, 0.5) is 0 Å². The quantitative estimate of drug-likeness (QED) is 0.858. The third kappa shape index (κ3) is 3.95. The minimum absolute atomic E-state index is 0.158. The molecule has 3 atom stereocenters. The van der Waals surface area contributed by atoms with Crippen LogP contribution in [0, 0.1) is 5.92 Å². The lowest BCUT2D eigenvalue weighted by molar-refractivity contribution is 0.101. The number of piperidine rings is 1. The number of ether oxygens (including phenoxy) is 1. The number of rotatable bonds is 5. The van der Waals surface area contributed by atoms with Crippen molar-refractivity contribution >= 4 is 0 Å². The summed E-state index contributed by atoms with van der Waals surface area (Å²) in [6.07, 6.45) is 2.77. The molecule has 1 heterocycles. The number of hydrogen-bond acceptors (Lipinski definition) is 3. The lowest BCUT2D eigenvalue weighted by Gasteiger charge is -2.32. The maximum absolute atomic E-state index is 10.5. The van der Waals surface area contributed by atoms with Gasteiger partial charge in [-0.15, -0.1) is 0 Å². The summed E-state index contributed by atoms with van der Waals surface area (Å²) in [6, 6.07) is 8.00. The van der Waals surface area contributed by atoms with Crippen LogP contribution in [-0.2, 0) is 0 Å². The van der Waals surface area contributed by atoms with Gasteiger partial charge in [-0.05, 0) is 49.4 Å². The normalized spacial score (nSPS) is 25.0. The Balaban J connectivity index is 2.03. The van der Waals surface area contributed by atoms with Crippen LogP contribution in [0.3, 0.4) is 0 Å². The molecule has 2 rings (SSSR count). The van der Waals surface area contributed by atoms with Crippen molar-refractivity contribution in [3.63, 3.8) is 0 Å². The van der Waals surface area contributed by atoms with Crippen LogP contribution in [-0.4, -0.2) is 24.3 Å². The Bertz CT molecular complexity index is 394. The molecule has 106 valence electrons. The van der Waals surface area contributed by atoms with Gasteiger partial charge in [-0.3, -0.25) is 0 Å². The molecule has 0 aromatic heterocycles. The van der Waals surface area contributed by atoms with Crippen molar-refractivity contribution in [2.75, 3.05) is 13.2 Å².